The van der Waals surface area contributed by atoms with Crippen molar-refractivity contribution in [2.45, 2.75) is 6.92 Å². The van der Waals surface area contributed by atoms with Gasteiger partial charge in [0, 0.05) is 17.3 Å². The second-order valence-electron chi connectivity index (χ2n) is 4.99. The van der Waals surface area contributed by atoms with Gasteiger partial charge in [0.2, 0.25) is 5.75 Å². The van der Waals surface area contributed by atoms with Crippen LogP contribution in [0.4, 0.5) is 5.69 Å². The summed E-state index contributed by atoms with van der Waals surface area (Å²) in [5.74, 6) is -0.589. The molecule has 2 N–H and O–H groups in total. The molecule has 0 bridgehead atoms. The molecule has 2 aromatic rings. The molecule has 0 radical (unpaired) electrons. The number of hydrazone groups is 1. The molecule has 0 unspecified atom stereocenters. The number of nitrogens with one attached hydrogen (secondary N) is 2. The van der Waals surface area contributed by atoms with Crippen molar-refractivity contribution in [1.82, 2.24) is 15.4 Å². The summed E-state index contributed by atoms with van der Waals surface area (Å²) in [5, 5.41) is 14.9. The van der Waals surface area contributed by atoms with Crippen molar-refractivity contribution in [1.29, 1.82) is 0 Å². The van der Waals surface area contributed by atoms with Crippen LogP contribution in [0.25, 0.3) is 0 Å². The summed E-state index contributed by atoms with van der Waals surface area (Å²) in [6, 6.07) is 4.05. The van der Waals surface area contributed by atoms with Crippen molar-refractivity contribution in [2.24, 2.45) is 5.10 Å². The highest BCUT2D eigenvalue weighted by Gasteiger charge is 2.21. The van der Waals surface area contributed by atoms with E-state index >= 15 is 0 Å². The van der Waals surface area contributed by atoms with Crippen LogP contribution < -0.4 is 20.6 Å². The van der Waals surface area contributed by atoms with Crippen LogP contribution in [-0.2, 0) is 0 Å². The van der Waals surface area contributed by atoms with E-state index in [-0.39, 0.29) is 22.9 Å². The van der Waals surface area contributed by atoms with Gasteiger partial charge < -0.3 is 14.5 Å². The molecule has 0 aliphatic heterocycles. The van der Waals surface area contributed by atoms with Gasteiger partial charge in [0.1, 0.15) is 5.69 Å². The summed E-state index contributed by atoms with van der Waals surface area (Å²) in [4.78, 5) is 39.7. The number of nitro benzene ring substituents is 1. The molecule has 0 saturated carbocycles. The second-order valence-corrected chi connectivity index (χ2v) is 4.99. The normalized spacial score (nSPS) is 10.6. The lowest BCUT2D eigenvalue weighted by Crippen LogP contribution is -2.24. The summed E-state index contributed by atoms with van der Waals surface area (Å²) in [6.07, 6.45) is 1.19. The van der Waals surface area contributed by atoms with Gasteiger partial charge in [0.15, 0.2) is 5.75 Å². The Labute approximate surface area is 146 Å². The fourth-order valence-electron chi connectivity index (χ4n) is 2.09. The number of aromatic amines is 1. The Morgan fingerprint density at radius 1 is 1.35 bits per heavy atom. The number of carbonyl (C=O) groups is 1. The first-order valence-electron chi connectivity index (χ1n) is 7.17. The minimum Gasteiger partial charge on any atom is -0.493 e. The predicted molar refractivity (Wildman–Crippen MR) is 90.9 cm³/mol. The molecule has 0 aliphatic rings. The van der Waals surface area contributed by atoms with Crippen molar-refractivity contribution >= 4 is 17.8 Å². The van der Waals surface area contributed by atoms with E-state index < -0.39 is 16.5 Å². The van der Waals surface area contributed by atoms with Gasteiger partial charge in [-0.1, -0.05) is 0 Å². The molecule has 26 heavy (non-hydrogen) atoms. The van der Waals surface area contributed by atoms with Crippen molar-refractivity contribution in [3.05, 3.63) is 55.7 Å². The molecule has 0 saturated heterocycles. The minimum absolute atomic E-state index is 0.0260. The lowest BCUT2D eigenvalue weighted by Gasteiger charge is -2.08. The van der Waals surface area contributed by atoms with Gasteiger partial charge in [-0.15, -0.1) is 0 Å². The van der Waals surface area contributed by atoms with Crippen molar-refractivity contribution < 1.29 is 19.2 Å². The van der Waals surface area contributed by atoms with E-state index in [2.05, 4.69) is 20.5 Å². The fourth-order valence-corrected chi connectivity index (χ4v) is 2.09. The van der Waals surface area contributed by atoms with Gasteiger partial charge in [-0.25, -0.2) is 10.2 Å². The minimum atomic E-state index is -0.703. The SMILES string of the molecule is COc1cc(/C=N/NC(=O)c2cc(C)[nH]c(=O)n2)cc([N+](=O)[O-])c1OC. The van der Waals surface area contributed by atoms with E-state index in [1.807, 2.05) is 0 Å². The molecule has 0 atom stereocenters. The number of nitro groups is 1. The fraction of sp³-hybridized carbons (Fsp3) is 0.200. The number of ether oxygens (including phenoxy) is 2. The first-order chi connectivity index (χ1) is 12.3. The molecule has 0 aliphatic carbocycles. The maximum atomic E-state index is 11.9. The molecule has 1 aromatic heterocycles. The van der Waals surface area contributed by atoms with Crippen molar-refractivity contribution in [3.8, 4) is 11.5 Å². The van der Waals surface area contributed by atoms with Crippen LogP contribution in [0.1, 0.15) is 21.7 Å². The third-order valence-corrected chi connectivity index (χ3v) is 3.17. The van der Waals surface area contributed by atoms with E-state index in [4.69, 9.17) is 9.47 Å². The number of carbonyl (C=O) groups excluding carboxylic acids is 1. The number of H-pyrrole nitrogens is 1. The monoisotopic (exact) mass is 361 g/mol. The molecular formula is C15H15N5O6. The molecule has 1 amide bonds. The van der Waals surface area contributed by atoms with E-state index in [0.717, 1.165) is 0 Å². The molecule has 0 spiro atoms. The second kappa shape index (κ2) is 7.88. The number of hydrogen-bond acceptors (Lipinski definition) is 8. The average Bonchev–Trinajstić information content (AvgIpc) is 2.59. The number of benzene rings is 1. The van der Waals surface area contributed by atoms with Crippen molar-refractivity contribution in [3.63, 3.8) is 0 Å². The van der Waals surface area contributed by atoms with E-state index in [9.17, 15) is 19.7 Å². The van der Waals surface area contributed by atoms with Crippen molar-refractivity contribution in [2.75, 3.05) is 14.2 Å². The Hall–Kier alpha value is -3.76. The molecule has 136 valence electrons. The number of rotatable bonds is 6. The Morgan fingerprint density at radius 2 is 2.08 bits per heavy atom. The summed E-state index contributed by atoms with van der Waals surface area (Å²) < 4.78 is 10.0. The zero-order chi connectivity index (χ0) is 19.3. The highest BCUT2D eigenvalue weighted by atomic mass is 16.6. The zero-order valence-electron chi connectivity index (χ0n) is 14.1. The number of hydrogen-bond donors (Lipinski definition) is 2. The van der Waals surface area contributed by atoms with Gasteiger partial charge in [0.25, 0.3) is 5.91 Å². The van der Waals surface area contributed by atoms with E-state index in [0.29, 0.717) is 11.3 Å². The third-order valence-electron chi connectivity index (χ3n) is 3.17. The van der Waals surface area contributed by atoms with Crippen LogP contribution in [-0.4, -0.2) is 41.2 Å². The van der Waals surface area contributed by atoms with Crippen LogP contribution in [0.5, 0.6) is 11.5 Å². The smallest absolute Gasteiger partial charge is 0.345 e. The zero-order valence-corrected chi connectivity index (χ0v) is 14.1. The summed E-state index contributed by atoms with van der Waals surface area (Å²) in [6.45, 7) is 1.60. The van der Waals surface area contributed by atoms with Crippen LogP contribution >= 0.6 is 0 Å². The average molecular weight is 361 g/mol. The number of amides is 1. The van der Waals surface area contributed by atoms with Crippen LogP contribution in [0.15, 0.2) is 28.1 Å². The number of methoxy groups -OCH3 is 2. The summed E-state index contributed by atoms with van der Waals surface area (Å²) in [5.41, 5.74) is 1.87. The van der Waals surface area contributed by atoms with Gasteiger partial charge in [0.05, 0.1) is 25.4 Å². The molecular weight excluding hydrogens is 346 g/mol. The van der Waals surface area contributed by atoms with Gasteiger partial charge in [-0.3, -0.25) is 14.9 Å². The van der Waals surface area contributed by atoms with Crippen LogP contribution in [0, 0.1) is 17.0 Å². The largest absolute Gasteiger partial charge is 0.493 e. The number of aryl methyl sites for hydroxylation is 1. The standard InChI is InChI=1S/C15H15N5O6/c1-8-4-10(18-15(22)17-8)14(21)19-16-7-9-5-11(20(23)24)13(26-3)12(6-9)25-2/h4-7H,1-3H3,(H,19,21)(H,17,18,22)/b16-7+. The predicted octanol–water partition coefficient (Wildman–Crippen LogP) is 0.768. The quantitative estimate of drug-likeness (QED) is 0.438. The van der Waals surface area contributed by atoms with Gasteiger partial charge in [-0.05, 0) is 19.1 Å². The van der Waals surface area contributed by atoms with Gasteiger partial charge >= 0.3 is 11.4 Å². The molecule has 11 nitrogen and oxygen atoms in total. The Kier molecular flexibility index (Phi) is 5.63. The third kappa shape index (κ3) is 4.20. The van der Waals surface area contributed by atoms with E-state index in [1.54, 1.807) is 6.92 Å². The summed E-state index contributed by atoms with van der Waals surface area (Å²) in [7, 11) is 2.63. The number of nitrogens with zero attached hydrogens (tertiary/aromatic N) is 3. The molecule has 0 fully saturated rings. The van der Waals surface area contributed by atoms with Crippen LogP contribution in [0.2, 0.25) is 0 Å². The number of aromatic nitrogens is 2. The topological polar surface area (TPSA) is 149 Å². The lowest BCUT2D eigenvalue weighted by molar-refractivity contribution is -0.385. The molecule has 1 heterocycles. The Morgan fingerprint density at radius 3 is 2.65 bits per heavy atom. The lowest BCUT2D eigenvalue weighted by atomic mass is 10.2. The first-order valence-corrected chi connectivity index (χ1v) is 7.17. The first kappa shape index (κ1) is 18.6. The highest BCUT2D eigenvalue weighted by Crippen LogP contribution is 2.37. The molecule has 1 aromatic carbocycles. The van der Waals surface area contributed by atoms with Gasteiger partial charge in [-0.2, -0.15) is 10.1 Å². The van der Waals surface area contributed by atoms with Crippen LogP contribution in [0.3, 0.4) is 0 Å². The Balaban J connectivity index is 2.24. The maximum Gasteiger partial charge on any atom is 0.345 e. The Bertz CT molecular complexity index is 937. The maximum absolute atomic E-state index is 11.9. The molecule has 2 rings (SSSR count). The van der Waals surface area contributed by atoms with E-state index in [1.165, 1.54) is 38.6 Å². The highest BCUT2D eigenvalue weighted by molar-refractivity contribution is 5.93. The molecule has 11 heteroatoms. The summed E-state index contributed by atoms with van der Waals surface area (Å²) >= 11 is 0.